The van der Waals surface area contributed by atoms with E-state index in [1.165, 1.54) is 0 Å². The van der Waals surface area contributed by atoms with Crippen LogP contribution in [-0.4, -0.2) is 17.7 Å². The third-order valence-corrected chi connectivity index (χ3v) is 3.85. The molecule has 0 aliphatic heterocycles. The number of anilines is 2. The van der Waals surface area contributed by atoms with Gasteiger partial charge < -0.3 is 22.1 Å². The fraction of sp³-hybridized carbons (Fsp3) is 0. The van der Waals surface area contributed by atoms with Crippen molar-refractivity contribution in [3.05, 3.63) is 71.8 Å². The summed E-state index contributed by atoms with van der Waals surface area (Å²) in [7, 11) is 0. The van der Waals surface area contributed by atoms with Crippen LogP contribution in [0.5, 0.6) is 0 Å². The number of guanidine groups is 1. The maximum atomic E-state index is 12.4. The topological polar surface area (TPSA) is 141 Å². The number of rotatable bonds is 4. The molecule has 7 heteroatoms. The van der Waals surface area contributed by atoms with Crippen molar-refractivity contribution in [2.75, 3.05) is 10.6 Å². The van der Waals surface area contributed by atoms with Crippen LogP contribution in [0.25, 0.3) is 10.8 Å². The van der Waals surface area contributed by atoms with E-state index >= 15 is 0 Å². The molecule has 0 aliphatic carbocycles. The molecule has 1 amide bonds. The number of hydrogen-bond donors (Lipinski definition) is 6. The second kappa shape index (κ2) is 6.94. The lowest BCUT2D eigenvalue weighted by Crippen LogP contribution is -2.20. The van der Waals surface area contributed by atoms with Gasteiger partial charge in [0.25, 0.3) is 5.91 Å². The third kappa shape index (κ3) is 3.62. The van der Waals surface area contributed by atoms with Gasteiger partial charge in [-0.05, 0) is 47.2 Å². The molecule has 0 aliphatic rings. The van der Waals surface area contributed by atoms with Gasteiger partial charge in [-0.25, -0.2) is 0 Å². The molecule has 3 aromatic carbocycles. The van der Waals surface area contributed by atoms with Crippen LogP contribution in [-0.2, 0) is 0 Å². The number of carbonyl (C=O) groups is 1. The van der Waals surface area contributed by atoms with Crippen molar-refractivity contribution < 1.29 is 4.79 Å². The number of benzene rings is 3. The summed E-state index contributed by atoms with van der Waals surface area (Å²) < 4.78 is 0. The number of hydrogen-bond acceptors (Lipinski definition) is 3. The molecule has 8 N–H and O–H groups in total. The van der Waals surface area contributed by atoms with Crippen LogP contribution in [0.2, 0.25) is 0 Å². The van der Waals surface area contributed by atoms with E-state index in [4.69, 9.17) is 22.3 Å². The molecule has 26 heavy (non-hydrogen) atoms. The summed E-state index contributed by atoms with van der Waals surface area (Å²) in [6.07, 6.45) is 0. The highest BCUT2D eigenvalue weighted by Gasteiger charge is 2.08. The number of amides is 1. The zero-order chi connectivity index (χ0) is 18.7. The van der Waals surface area contributed by atoms with E-state index in [0.717, 1.165) is 10.8 Å². The largest absolute Gasteiger partial charge is 0.384 e. The fourth-order valence-electron chi connectivity index (χ4n) is 2.66. The Morgan fingerprint density at radius 3 is 2.19 bits per heavy atom. The molecule has 0 heterocycles. The Morgan fingerprint density at radius 2 is 1.54 bits per heavy atom. The van der Waals surface area contributed by atoms with Crippen LogP contribution < -0.4 is 22.1 Å². The molecule has 0 radical (unpaired) electrons. The second-order valence-corrected chi connectivity index (χ2v) is 5.73. The molecule has 0 fully saturated rings. The molecule has 7 nitrogen and oxygen atoms in total. The van der Waals surface area contributed by atoms with E-state index in [2.05, 4.69) is 10.6 Å². The predicted molar refractivity (Wildman–Crippen MR) is 105 cm³/mol. The first-order valence-electron chi connectivity index (χ1n) is 7.83. The summed E-state index contributed by atoms with van der Waals surface area (Å²) in [5.41, 5.74) is 13.3. The van der Waals surface area contributed by atoms with E-state index < -0.39 is 0 Å². The van der Waals surface area contributed by atoms with E-state index in [9.17, 15) is 4.79 Å². The lowest BCUT2D eigenvalue weighted by molar-refractivity contribution is 0.102. The van der Waals surface area contributed by atoms with Crippen molar-refractivity contribution in [1.82, 2.24) is 0 Å². The number of amidine groups is 1. The standard InChI is InChI=1S/C19H18N6O/c20-17(21)16-3-1-2-12-10-14(8-9-15(12)16)24-18(26)11-4-6-13(7-5-11)25-19(22)23/h1-10H,(H3,20,21)(H,24,26)(H4,22,23,25). The van der Waals surface area contributed by atoms with Crippen LogP contribution in [0.15, 0.2) is 60.7 Å². The van der Waals surface area contributed by atoms with Crippen LogP contribution in [0.4, 0.5) is 11.4 Å². The third-order valence-electron chi connectivity index (χ3n) is 3.85. The number of nitrogen functional groups attached to an aromatic ring is 1. The van der Waals surface area contributed by atoms with Crippen LogP contribution in [0.1, 0.15) is 15.9 Å². The average molecular weight is 346 g/mol. The van der Waals surface area contributed by atoms with Gasteiger partial charge in [-0.15, -0.1) is 0 Å². The minimum absolute atomic E-state index is 0.00615. The molecule has 0 saturated carbocycles. The highest BCUT2D eigenvalue weighted by Crippen LogP contribution is 2.23. The van der Waals surface area contributed by atoms with Crippen LogP contribution >= 0.6 is 0 Å². The number of carbonyl (C=O) groups excluding carboxylic acids is 1. The van der Waals surface area contributed by atoms with Gasteiger partial charge in [0.15, 0.2) is 5.96 Å². The first kappa shape index (κ1) is 17.0. The Balaban J connectivity index is 1.81. The summed E-state index contributed by atoms with van der Waals surface area (Å²) in [5, 5.41) is 22.1. The monoisotopic (exact) mass is 346 g/mol. The maximum Gasteiger partial charge on any atom is 0.255 e. The van der Waals surface area contributed by atoms with Crippen molar-refractivity contribution in [3.63, 3.8) is 0 Å². The van der Waals surface area contributed by atoms with Crippen LogP contribution in [0.3, 0.4) is 0 Å². The van der Waals surface area contributed by atoms with Gasteiger partial charge in [0.05, 0.1) is 0 Å². The Labute approximate surface area is 150 Å². The SMILES string of the molecule is N=C(N)Nc1ccc(C(=O)Nc2ccc3c(C(=N)N)cccc3c2)cc1. The zero-order valence-electron chi connectivity index (χ0n) is 13.8. The quantitative estimate of drug-likeness (QED) is 0.319. The molecular formula is C19H18N6O. The van der Waals surface area contributed by atoms with Gasteiger partial charge >= 0.3 is 0 Å². The molecule has 3 rings (SSSR count). The first-order valence-corrected chi connectivity index (χ1v) is 7.83. The molecule has 0 saturated heterocycles. The Kier molecular flexibility index (Phi) is 4.53. The van der Waals surface area contributed by atoms with Gasteiger partial charge in [0.1, 0.15) is 5.84 Å². The molecule has 0 unspecified atom stereocenters. The summed E-state index contributed by atoms with van der Waals surface area (Å²) in [6.45, 7) is 0. The average Bonchev–Trinajstić information content (AvgIpc) is 2.61. The van der Waals surface area contributed by atoms with E-state index in [1.54, 1.807) is 36.4 Å². The van der Waals surface area contributed by atoms with E-state index in [-0.39, 0.29) is 17.7 Å². The van der Waals surface area contributed by atoms with E-state index in [1.807, 2.05) is 24.3 Å². The summed E-state index contributed by atoms with van der Waals surface area (Å²) in [5.74, 6) is -0.406. The summed E-state index contributed by atoms with van der Waals surface area (Å²) >= 11 is 0. The lowest BCUT2D eigenvalue weighted by Gasteiger charge is -2.10. The van der Waals surface area contributed by atoms with Crippen molar-refractivity contribution in [2.24, 2.45) is 11.5 Å². The summed E-state index contributed by atoms with van der Waals surface area (Å²) in [4.78, 5) is 12.4. The molecule has 0 bridgehead atoms. The molecular weight excluding hydrogens is 328 g/mol. The van der Waals surface area contributed by atoms with Gasteiger partial charge in [0, 0.05) is 22.5 Å². The summed E-state index contributed by atoms with van der Waals surface area (Å²) in [6, 6.07) is 17.6. The number of fused-ring (bicyclic) bond motifs is 1. The van der Waals surface area contributed by atoms with Gasteiger partial charge in [-0.2, -0.15) is 0 Å². The van der Waals surface area contributed by atoms with Crippen molar-refractivity contribution in [3.8, 4) is 0 Å². The molecule has 0 spiro atoms. The smallest absolute Gasteiger partial charge is 0.255 e. The highest BCUT2D eigenvalue weighted by molar-refractivity contribution is 6.09. The molecule has 0 aromatic heterocycles. The predicted octanol–water partition coefficient (Wildman–Crippen LogP) is 2.68. The van der Waals surface area contributed by atoms with Gasteiger partial charge in [0.2, 0.25) is 0 Å². The zero-order valence-corrected chi connectivity index (χ0v) is 13.8. The first-order chi connectivity index (χ1) is 12.4. The Bertz CT molecular complexity index is 1010. The van der Waals surface area contributed by atoms with Gasteiger partial charge in [-0.1, -0.05) is 24.3 Å². The van der Waals surface area contributed by atoms with E-state index in [0.29, 0.717) is 22.5 Å². The Hall–Kier alpha value is -3.87. The van der Waals surface area contributed by atoms with Gasteiger partial charge in [-0.3, -0.25) is 15.6 Å². The van der Waals surface area contributed by atoms with Crippen molar-refractivity contribution >= 4 is 39.8 Å². The molecule has 130 valence electrons. The Morgan fingerprint density at radius 1 is 0.846 bits per heavy atom. The number of nitrogens with two attached hydrogens (primary N) is 2. The lowest BCUT2D eigenvalue weighted by atomic mass is 10.0. The fourth-order valence-corrected chi connectivity index (χ4v) is 2.66. The number of nitrogens with one attached hydrogen (secondary N) is 4. The minimum Gasteiger partial charge on any atom is -0.384 e. The van der Waals surface area contributed by atoms with Crippen molar-refractivity contribution in [2.45, 2.75) is 0 Å². The molecule has 0 atom stereocenters. The highest BCUT2D eigenvalue weighted by atomic mass is 16.1. The minimum atomic E-state index is -0.249. The van der Waals surface area contributed by atoms with Crippen molar-refractivity contribution in [1.29, 1.82) is 10.8 Å². The second-order valence-electron chi connectivity index (χ2n) is 5.73. The maximum absolute atomic E-state index is 12.4. The molecule has 3 aromatic rings. The van der Waals surface area contributed by atoms with Crippen LogP contribution in [0, 0.1) is 10.8 Å². The normalized spacial score (nSPS) is 10.3.